The number of nitrogens with one attached hydrogen (secondary N) is 2. The molecule has 0 bridgehead atoms. The third-order valence-electron chi connectivity index (χ3n) is 3.04. The van der Waals surface area contributed by atoms with Crippen LogP contribution in [0.2, 0.25) is 0 Å². The van der Waals surface area contributed by atoms with Crippen molar-refractivity contribution in [1.29, 1.82) is 0 Å². The van der Waals surface area contributed by atoms with Crippen molar-refractivity contribution in [3.63, 3.8) is 0 Å². The molecule has 0 aliphatic rings. The molecule has 0 fully saturated rings. The largest absolute Gasteiger partial charge is 0.492 e. The molecule has 0 aliphatic carbocycles. The number of anilines is 1. The Balaban J connectivity index is 1.80. The number of carbonyl (C=O) groups is 1. The maximum Gasteiger partial charge on any atom is 0.251 e. The summed E-state index contributed by atoms with van der Waals surface area (Å²) in [5.41, 5.74) is 4.91. The summed E-state index contributed by atoms with van der Waals surface area (Å²) in [6.07, 6.45) is 0. The number of hydrogen-bond acceptors (Lipinski definition) is 4. The molecule has 5 nitrogen and oxygen atoms in total. The van der Waals surface area contributed by atoms with E-state index in [0.29, 0.717) is 18.7 Å². The molecule has 0 unspecified atom stereocenters. The third-order valence-corrected chi connectivity index (χ3v) is 3.04. The summed E-state index contributed by atoms with van der Waals surface area (Å²) in [4.78, 5) is 12.0. The van der Waals surface area contributed by atoms with E-state index in [1.807, 2.05) is 37.3 Å². The van der Waals surface area contributed by atoms with E-state index in [2.05, 4.69) is 10.7 Å². The van der Waals surface area contributed by atoms with Crippen LogP contribution in [0.3, 0.4) is 0 Å². The number of benzene rings is 2. The smallest absolute Gasteiger partial charge is 0.251 e. The maximum absolute atomic E-state index is 12.0. The fraction of sp³-hybridized carbons (Fsp3) is 0.188. The van der Waals surface area contributed by atoms with Crippen LogP contribution in [0.25, 0.3) is 0 Å². The summed E-state index contributed by atoms with van der Waals surface area (Å²) < 4.78 is 5.51. The van der Waals surface area contributed by atoms with Gasteiger partial charge in [0.15, 0.2) is 0 Å². The second-order valence-corrected chi connectivity index (χ2v) is 4.59. The van der Waals surface area contributed by atoms with Crippen LogP contribution in [0.15, 0.2) is 48.5 Å². The Labute approximate surface area is 124 Å². The summed E-state index contributed by atoms with van der Waals surface area (Å²) in [7, 11) is 0. The number of para-hydroxylation sites is 1. The number of aryl methyl sites for hydroxylation is 1. The van der Waals surface area contributed by atoms with Gasteiger partial charge in [0.1, 0.15) is 12.4 Å². The molecule has 4 N–H and O–H groups in total. The number of hydrogen-bond donors (Lipinski definition) is 3. The molecule has 5 heteroatoms. The first kappa shape index (κ1) is 14.9. The van der Waals surface area contributed by atoms with Crippen LogP contribution in [0, 0.1) is 6.92 Å². The number of amides is 1. The summed E-state index contributed by atoms with van der Waals surface area (Å²) in [5, 5.41) is 2.82. The lowest BCUT2D eigenvalue weighted by Gasteiger charge is -2.09. The molecule has 0 spiro atoms. The third kappa shape index (κ3) is 4.22. The van der Waals surface area contributed by atoms with Crippen LogP contribution < -0.4 is 21.3 Å². The Morgan fingerprint density at radius 3 is 2.62 bits per heavy atom. The summed E-state index contributed by atoms with van der Waals surface area (Å²) >= 11 is 0. The zero-order valence-corrected chi connectivity index (χ0v) is 11.9. The first-order valence-corrected chi connectivity index (χ1v) is 6.74. The van der Waals surface area contributed by atoms with E-state index in [1.54, 1.807) is 18.2 Å². The molecule has 2 rings (SSSR count). The predicted octanol–water partition coefficient (Wildman–Crippen LogP) is 2.09. The SMILES string of the molecule is Cc1cc(C(=O)NCCOc2ccccc2)ccc1NN. The van der Waals surface area contributed by atoms with Gasteiger partial charge in [-0.1, -0.05) is 18.2 Å². The molecule has 0 radical (unpaired) electrons. The number of carbonyl (C=O) groups excluding carboxylic acids is 1. The van der Waals surface area contributed by atoms with Gasteiger partial charge in [-0.3, -0.25) is 10.6 Å². The molecule has 2 aromatic carbocycles. The minimum atomic E-state index is -0.127. The highest BCUT2D eigenvalue weighted by molar-refractivity contribution is 5.94. The number of nitrogens with two attached hydrogens (primary N) is 1. The molecule has 0 aromatic heterocycles. The summed E-state index contributed by atoms with van der Waals surface area (Å²) in [6, 6.07) is 14.8. The molecule has 0 heterocycles. The lowest BCUT2D eigenvalue weighted by molar-refractivity contribution is 0.0947. The van der Waals surface area contributed by atoms with Crippen LogP contribution in [0.4, 0.5) is 5.69 Å². The zero-order valence-electron chi connectivity index (χ0n) is 11.9. The van der Waals surface area contributed by atoms with Crippen molar-refractivity contribution in [2.75, 3.05) is 18.6 Å². The van der Waals surface area contributed by atoms with Crippen molar-refractivity contribution < 1.29 is 9.53 Å². The van der Waals surface area contributed by atoms with E-state index in [-0.39, 0.29) is 5.91 Å². The molecule has 0 saturated heterocycles. The molecular weight excluding hydrogens is 266 g/mol. The first-order chi connectivity index (χ1) is 10.2. The van der Waals surface area contributed by atoms with Gasteiger partial charge in [0.2, 0.25) is 0 Å². The van der Waals surface area contributed by atoms with E-state index in [4.69, 9.17) is 10.6 Å². The van der Waals surface area contributed by atoms with Gasteiger partial charge in [-0.05, 0) is 42.8 Å². The molecule has 21 heavy (non-hydrogen) atoms. The first-order valence-electron chi connectivity index (χ1n) is 6.74. The predicted molar refractivity (Wildman–Crippen MR) is 83.3 cm³/mol. The van der Waals surface area contributed by atoms with Crippen molar-refractivity contribution >= 4 is 11.6 Å². The summed E-state index contributed by atoms with van der Waals surface area (Å²) in [5.74, 6) is 6.03. The topological polar surface area (TPSA) is 76.4 Å². The number of rotatable bonds is 6. The zero-order chi connectivity index (χ0) is 15.1. The van der Waals surface area contributed by atoms with Crippen LogP contribution in [-0.2, 0) is 0 Å². The Bertz CT molecular complexity index is 600. The molecule has 0 atom stereocenters. The van der Waals surface area contributed by atoms with E-state index in [1.165, 1.54) is 0 Å². The number of hydrazine groups is 1. The highest BCUT2D eigenvalue weighted by Gasteiger charge is 2.06. The van der Waals surface area contributed by atoms with Gasteiger partial charge in [-0.2, -0.15) is 0 Å². The van der Waals surface area contributed by atoms with Crippen molar-refractivity contribution in [2.24, 2.45) is 5.84 Å². The van der Waals surface area contributed by atoms with Gasteiger partial charge < -0.3 is 15.5 Å². The monoisotopic (exact) mass is 285 g/mol. The molecule has 2 aromatic rings. The van der Waals surface area contributed by atoms with Crippen molar-refractivity contribution in [2.45, 2.75) is 6.92 Å². The number of ether oxygens (including phenoxy) is 1. The fourth-order valence-corrected chi connectivity index (χ4v) is 1.92. The number of nitrogen functional groups attached to an aromatic ring is 1. The lowest BCUT2D eigenvalue weighted by Crippen LogP contribution is -2.28. The highest BCUT2D eigenvalue weighted by Crippen LogP contribution is 2.15. The van der Waals surface area contributed by atoms with Crippen LogP contribution in [-0.4, -0.2) is 19.1 Å². The van der Waals surface area contributed by atoms with Gasteiger partial charge in [0, 0.05) is 5.56 Å². The van der Waals surface area contributed by atoms with Crippen molar-refractivity contribution in [3.05, 3.63) is 59.7 Å². The van der Waals surface area contributed by atoms with E-state index < -0.39 is 0 Å². The minimum Gasteiger partial charge on any atom is -0.492 e. The minimum absolute atomic E-state index is 0.127. The molecule has 110 valence electrons. The van der Waals surface area contributed by atoms with Crippen molar-refractivity contribution in [1.82, 2.24) is 5.32 Å². The Morgan fingerprint density at radius 2 is 1.95 bits per heavy atom. The molecular formula is C16H19N3O2. The molecule has 0 aliphatic heterocycles. The van der Waals surface area contributed by atoms with E-state index in [0.717, 1.165) is 17.0 Å². The van der Waals surface area contributed by atoms with Crippen LogP contribution in [0.5, 0.6) is 5.75 Å². The van der Waals surface area contributed by atoms with Gasteiger partial charge in [-0.15, -0.1) is 0 Å². The van der Waals surface area contributed by atoms with Gasteiger partial charge in [0.25, 0.3) is 5.91 Å². The second-order valence-electron chi connectivity index (χ2n) is 4.59. The molecule has 0 saturated carbocycles. The quantitative estimate of drug-likeness (QED) is 0.431. The normalized spacial score (nSPS) is 10.0. The Morgan fingerprint density at radius 1 is 1.19 bits per heavy atom. The van der Waals surface area contributed by atoms with Crippen LogP contribution in [0.1, 0.15) is 15.9 Å². The van der Waals surface area contributed by atoms with Crippen LogP contribution >= 0.6 is 0 Å². The van der Waals surface area contributed by atoms with Crippen molar-refractivity contribution in [3.8, 4) is 5.75 Å². The van der Waals surface area contributed by atoms with Gasteiger partial charge in [0.05, 0.1) is 12.2 Å². The van der Waals surface area contributed by atoms with E-state index >= 15 is 0 Å². The van der Waals surface area contributed by atoms with Gasteiger partial charge >= 0.3 is 0 Å². The standard InChI is InChI=1S/C16H19N3O2/c1-12-11-13(7-8-15(12)19-17)16(20)18-9-10-21-14-5-3-2-4-6-14/h2-8,11,19H,9-10,17H2,1H3,(H,18,20). The maximum atomic E-state index is 12.0. The average Bonchev–Trinajstić information content (AvgIpc) is 2.52. The lowest BCUT2D eigenvalue weighted by atomic mass is 10.1. The average molecular weight is 285 g/mol. The van der Waals surface area contributed by atoms with Gasteiger partial charge in [-0.25, -0.2) is 0 Å². The molecule has 1 amide bonds. The second kappa shape index (κ2) is 7.31. The Kier molecular flexibility index (Phi) is 5.17. The fourth-order valence-electron chi connectivity index (χ4n) is 1.92. The Hall–Kier alpha value is -2.53. The summed E-state index contributed by atoms with van der Waals surface area (Å²) in [6.45, 7) is 2.77. The highest BCUT2D eigenvalue weighted by atomic mass is 16.5. The van der Waals surface area contributed by atoms with E-state index in [9.17, 15) is 4.79 Å².